The Bertz CT molecular complexity index is 854. The lowest BCUT2D eigenvalue weighted by Gasteiger charge is -2.44. The second-order valence-electron chi connectivity index (χ2n) is 9.07. The molecular weight excluding hydrogens is 328 g/mol. The maximum atomic E-state index is 5.16. The van der Waals surface area contributed by atoms with Crippen LogP contribution in [0.2, 0.25) is 0 Å². The zero-order chi connectivity index (χ0) is 18.3. The number of benzene rings is 2. The molecule has 0 amide bonds. The van der Waals surface area contributed by atoms with E-state index in [-0.39, 0.29) is 5.41 Å². The molecule has 2 aromatic rings. The first-order valence-electron chi connectivity index (χ1n) is 10.7. The lowest BCUT2D eigenvalue weighted by Crippen LogP contribution is -2.44. The highest BCUT2D eigenvalue weighted by Crippen LogP contribution is 2.51. The number of fused-ring (bicyclic) bond motifs is 1. The van der Waals surface area contributed by atoms with Gasteiger partial charge in [-0.15, -0.1) is 0 Å². The molecule has 2 aromatic carbocycles. The van der Waals surface area contributed by atoms with Gasteiger partial charge in [-0.2, -0.15) is 0 Å². The predicted molar refractivity (Wildman–Crippen MR) is 113 cm³/mol. The monoisotopic (exact) mass is 358 g/mol. The van der Waals surface area contributed by atoms with Crippen LogP contribution in [0.1, 0.15) is 55.2 Å². The van der Waals surface area contributed by atoms with Gasteiger partial charge in [0, 0.05) is 11.1 Å². The van der Waals surface area contributed by atoms with E-state index in [0.717, 1.165) is 24.8 Å². The summed E-state index contributed by atoms with van der Waals surface area (Å²) in [5.41, 5.74) is 5.58. The maximum absolute atomic E-state index is 5.16. The van der Waals surface area contributed by atoms with Crippen LogP contribution in [-0.2, 0) is 13.0 Å². The number of rotatable bonds is 3. The molecule has 0 saturated heterocycles. The van der Waals surface area contributed by atoms with Gasteiger partial charge in [-0.05, 0) is 80.9 Å². The SMILES string of the molecule is Cc1cccc(CN=C2Nc3ccccc3CC23CCC(C2CC2)CC3)c1. The normalized spacial score (nSPS) is 28.8. The summed E-state index contributed by atoms with van der Waals surface area (Å²) < 4.78 is 0. The number of anilines is 1. The van der Waals surface area contributed by atoms with E-state index in [2.05, 4.69) is 60.8 Å². The Morgan fingerprint density at radius 3 is 2.52 bits per heavy atom. The van der Waals surface area contributed by atoms with Crippen LogP contribution < -0.4 is 5.32 Å². The molecule has 1 aliphatic heterocycles. The number of amidine groups is 1. The molecule has 3 aliphatic rings. The minimum atomic E-state index is 0.226. The van der Waals surface area contributed by atoms with Gasteiger partial charge in [0.25, 0.3) is 0 Å². The summed E-state index contributed by atoms with van der Waals surface area (Å²) in [5.74, 6) is 3.27. The van der Waals surface area contributed by atoms with Crippen LogP contribution in [0.25, 0.3) is 0 Å². The van der Waals surface area contributed by atoms with Crippen molar-refractivity contribution < 1.29 is 0 Å². The summed E-state index contributed by atoms with van der Waals surface area (Å²) in [6, 6.07) is 17.6. The van der Waals surface area contributed by atoms with Crippen molar-refractivity contribution in [3.05, 3.63) is 65.2 Å². The molecule has 0 atom stereocenters. The summed E-state index contributed by atoms with van der Waals surface area (Å²) in [6.07, 6.45) is 9.47. The molecular formula is C25H30N2. The minimum Gasteiger partial charge on any atom is -0.343 e. The number of nitrogens with zero attached hydrogens (tertiary/aromatic N) is 1. The van der Waals surface area contributed by atoms with Crippen molar-refractivity contribution in [2.45, 2.75) is 58.4 Å². The molecule has 0 radical (unpaired) electrons. The number of hydrogen-bond donors (Lipinski definition) is 1. The van der Waals surface area contributed by atoms with Gasteiger partial charge in [-0.1, -0.05) is 48.0 Å². The second kappa shape index (κ2) is 6.82. The van der Waals surface area contributed by atoms with Crippen molar-refractivity contribution in [1.29, 1.82) is 0 Å². The van der Waals surface area contributed by atoms with E-state index in [1.54, 1.807) is 0 Å². The lowest BCUT2D eigenvalue weighted by atomic mass is 9.64. The summed E-state index contributed by atoms with van der Waals surface area (Å²) in [5, 5.41) is 3.75. The van der Waals surface area contributed by atoms with E-state index in [9.17, 15) is 0 Å². The van der Waals surface area contributed by atoms with Crippen molar-refractivity contribution in [2.75, 3.05) is 5.32 Å². The lowest BCUT2D eigenvalue weighted by molar-refractivity contribution is 0.202. The van der Waals surface area contributed by atoms with Gasteiger partial charge in [0.05, 0.1) is 6.54 Å². The van der Waals surface area contributed by atoms with Crippen LogP contribution in [-0.4, -0.2) is 5.84 Å². The Kier molecular flexibility index (Phi) is 4.30. The maximum Gasteiger partial charge on any atom is 0.108 e. The van der Waals surface area contributed by atoms with E-state index in [1.807, 2.05) is 0 Å². The second-order valence-corrected chi connectivity index (χ2v) is 9.07. The molecule has 1 heterocycles. The number of para-hydroxylation sites is 1. The molecule has 2 fully saturated rings. The Morgan fingerprint density at radius 1 is 0.963 bits per heavy atom. The van der Waals surface area contributed by atoms with Crippen LogP contribution in [0.15, 0.2) is 53.5 Å². The Balaban J connectivity index is 1.43. The Hall–Kier alpha value is -2.09. The Morgan fingerprint density at radius 2 is 1.74 bits per heavy atom. The van der Waals surface area contributed by atoms with Crippen LogP contribution in [0.4, 0.5) is 5.69 Å². The molecule has 2 heteroatoms. The van der Waals surface area contributed by atoms with E-state index in [0.29, 0.717) is 0 Å². The third kappa shape index (κ3) is 3.42. The largest absolute Gasteiger partial charge is 0.343 e. The molecule has 5 rings (SSSR count). The number of hydrogen-bond acceptors (Lipinski definition) is 1. The van der Waals surface area contributed by atoms with E-state index in [4.69, 9.17) is 4.99 Å². The van der Waals surface area contributed by atoms with Gasteiger partial charge >= 0.3 is 0 Å². The first-order chi connectivity index (χ1) is 13.2. The quantitative estimate of drug-likeness (QED) is 0.699. The fourth-order valence-corrected chi connectivity index (χ4v) is 5.34. The van der Waals surface area contributed by atoms with Gasteiger partial charge in [-0.25, -0.2) is 0 Å². The van der Waals surface area contributed by atoms with Gasteiger partial charge in [0.2, 0.25) is 0 Å². The topological polar surface area (TPSA) is 24.4 Å². The van der Waals surface area contributed by atoms with Crippen molar-refractivity contribution in [3.8, 4) is 0 Å². The molecule has 2 nitrogen and oxygen atoms in total. The zero-order valence-corrected chi connectivity index (χ0v) is 16.4. The van der Waals surface area contributed by atoms with Gasteiger partial charge < -0.3 is 5.32 Å². The fourth-order valence-electron chi connectivity index (χ4n) is 5.34. The van der Waals surface area contributed by atoms with Crippen LogP contribution in [0.5, 0.6) is 0 Å². The highest BCUT2D eigenvalue weighted by atomic mass is 15.0. The smallest absolute Gasteiger partial charge is 0.108 e. The Labute approximate surface area is 163 Å². The third-order valence-electron chi connectivity index (χ3n) is 7.08. The average Bonchev–Trinajstić information content (AvgIpc) is 3.52. The molecule has 27 heavy (non-hydrogen) atoms. The fraction of sp³-hybridized carbons (Fsp3) is 0.480. The zero-order valence-electron chi connectivity index (χ0n) is 16.4. The molecule has 2 aliphatic carbocycles. The molecule has 0 bridgehead atoms. The van der Waals surface area contributed by atoms with Crippen LogP contribution in [0.3, 0.4) is 0 Å². The van der Waals surface area contributed by atoms with E-state index in [1.165, 1.54) is 66.7 Å². The summed E-state index contributed by atoms with van der Waals surface area (Å²) in [7, 11) is 0. The molecule has 1 N–H and O–H groups in total. The number of aliphatic imine (C=N–C) groups is 1. The highest BCUT2D eigenvalue weighted by molar-refractivity contribution is 6.02. The standard InChI is InChI=1S/C25H30N2/c1-18-5-4-6-19(15-18)17-26-24-25(13-11-21(12-14-25)20-9-10-20)16-22-7-2-3-8-23(22)27-24/h2-8,15,20-21H,9-14,16-17H2,1H3,(H,26,27). The van der Waals surface area contributed by atoms with Crippen molar-refractivity contribution >= 4 is 11.5 Å². The van der Waals surface area contributed by atoms with Crippen LogP contribution in [0, 0.1) is 24.2 Å². The molecule has 0 aromatic heterocycles. The van der Waals surface area contributed by atoms with Crippen molar-refractivity contribution in [3.63, 3.8) is 0 Å². The van der Waals surface area contributed by atoms with E-state index >= 15 is 0 Å². The molecule has 140 valence electrons. The molecule has 2 saturated carbocycles. The van der Waals surface area contributed by atoms with Crippen molar-refractivity contribution in [2.24, 2.45) is 22.2 Å². The van der Waals surface area contributed by atoms with E-state index < -0.39 is 0 Å². The third-order valence-corrected chi connectivity index (χ3v) is 7.08. The molecule has 0 unspecified atom stereocenters. The summed E-state index contributed by atoms with van der Waals surface area (Å²) in [4.78, 5) is 5.16. The minimum absolute atomic E-state index is 0.226. The van der Waals surface area contributed by atoms with Crippen molar-refractivity contribution in [1.82, 2.24) is 0 Å². The number of nitrogens with one attached hydrogen (secondary N) is 1. The number of aryl methyl sites for hydroxylation is 1. The predicted octanol–water partition coefficient (Wildman–Crippen LogP) is 6.15. The van der Waals surface area contributed by atoms with Gasteiger partial charge in [0.1, 0.15) is 5.84 Å². The first kappa shape index (κ1) is 17.0. The average molecular weight is 359 g/mol. The summed E-state index contributed by atoms with van der Waals surface area (Å²) >= 11 is 0. The summed E-state index contributed by atoms with van der Waals surface area (Å²) in [6.45, 7) is 2.94. The first-order valence-corrected chi connectivity index (χ1v) is 10.7. The van der Waals surface area contributed by atoms with Gasteiger partial charge in [-0.3, -0.25) is 4.99 Å². The van der Waals surface area contributed by atoms with Crippen LogP contribution >= 0.6 is 0 Å². The molecule has 1 spiro atoms. The van der Waals surface area contributed by atoms with Gasteiger partial charge in [0.15, 0.2) is 0 Å². The highest BCUT2D eigenvalue weighted by Gasteiger charge is 2.45.